The molecule has 1 aliphatic rings. The van der Waals surface area contributed by atoms with Crippen LogP contribution in [0.4, 0.5) is 0 Å². The number of halogens is 1. The zero-order valence-corrected chi connectivity index (χ0v) is 15.2. The molecule has 1 aromatic heterocycles. The minimum absolute atomic E-state index is 0.114. The number of aryl methyl sites for hydroxylation is 1. The van der Waals surface area contributed by atoms with Crippen LogP contribution in [0.15, 0.2) is 14.7 Å². The summed E-state index contributed by atoms with van der Waals surface area (Å²) in [6.45, 7) is 1.86. The zero-order chi connectivity index (χ0) is 14.9. The molecule has 0 bridgehead atoms. The summed E-state index contributed by atoms with van der Waals surface area (Å²) in [4.78, 5) is 1.28. The molecule has 0 aliphatic heterocycles. The molecule has 1 fully saturated rings. The lowest BCUT2D eigenvalue weighted by molar-refractivity contribution is 0.255. The van der Waals surface area contributed by atoms with Crippen LogP contribution in [-0.2, 0) is 10.0 Å². The summed E-state index contributed by atoms with van der Waals surface area (Å²) < 4.78 is 27.9. The maximum absolute atomic E-state index is 12.7. The van der Waals surface area contributed by atoms with E-state index in [0.717, 1.165) is 34.3 Å². The van der Waals surface area contributed by atoms with E-state index < -0.39 is 10.0 Å². The molecule has 1 N–H and O–H groups in total. The highest BCUT2D eigenvalue weighted by Crippen LogP contribution is 2.33. The van der Waals surface area contributed by atoms with Gasteiger partial charge in [-0.2, -0.15) is 4.31 Å². The Hall–Kier alpha value is 0.0500. The lowest BCUT2D eigenvalue weighted by Gasteiger charge is -2.33. The second-order valence-electron chi connectivity index (χ2n) is 5.29. The van der Waals surface area contributed by atoms with Crippen LogP contribution in [0.3, 0.4) is 0 Å². The van der Waals surface area contributed by atoms with Gasteiger partial charge in [-0.3, -0.25) is 0 Å². The van der Waals surface area contributed by atoms with Crippen molar-refractivity contribution in [1.29, 1.82) is 0 Å². The first-order chi connectivity index (χ1) is 9.36. The molecular formula is C13H21BrN2O2S2. The van der Waals surface area contributed by atoms with E-state index in [4.69, 9.17) is 0 Å². The SMILES string of the molecule is CNC1CCC(N(C)S(=O)(=O)c2cc(Br)sc2C)CC1. The van der Waals surface area contributed by atoms with Crippen LogP contribution in [-0.4, -0.2) is 38.9 Å². The number of hydrogen-bond donors (Lipinski definition) is 1. The fourth-order valence-electron chi connectivity index (χ4n) is 2.77. The Morgan fingerprint density at radius 1 is 1.35 bits per heavy atom. The Morgan fingerprint density at radius 2 is 1.95 bits per heavy atom. The molecule has 0 atom stereocenters. The van der Waals surface area contributed by atoms with Crippen molar-refractivity contribution in [3.63, 3.8) is 0 Å². The molecule has 0 aromatic carbocycles. The number of sulfonamides is 1. The molecule has 1 aromatic rings. The zero-order valence-electron chi connectivity index (χ0n) is 12.0. The first-order valence-electron chi connectivity index (χ1n) is 6.77. The summed E-state index contributed by atoms with van der Waals surface area (Å²) in [5.74, 6) is 0. The molecule has 1 heterocycles. The molecule has 0 spiro atoms. The predicted molar refractivity (Wildman–Crippen MR) is 86.8 cm³/mol. The van der Waals surface area contributed by atoms with Crippen LogP contribution in [0.5, 0.6) is 0 Å². The Balaban J connectivity index is 2.16. The topological polar surface area (TPSA) is 49.4 Å². The smallest absolute Gasteiger partial charge is 0.244 e. The third kappa shape index (κ3) is 3.27. The van der Waals surface area contributed by atoms with Crippen molar-refractivity contribution >= 4 is 37.3 Å². The molecular weight excluding hydrogens is 360 g/mol. The van der Waals surface area contributed by atoms with Gasteiger partial charge in [0, 0.05) is 24.0 Å². The van der Waals surface area contributed by atoms with Gasteiger partial charge in [-0.1, -0.05) is 0 Å². The molecule has 4 nitrogen and oxygen atoms in total. The number of thiophene rings is 1. The average molecular weight is 381 g/mol. The molecule has 2 rings (SSSR count). The molecule has 114 valence electrons. The van der Waals surface area contributed by atoms with Crippen molar-refractivity contribution in [2.24, 2.45) is 0 Å². The van der Waals surface area contributed by atoms with Crippen molar-refractivity contribution in [3.8, 4) is 0 Å². The fourth-order valence-corrected chi connectivity index (χ4v) is 6.56. The van der Waals surface area contributed by atoms with Crippen molar-refractivity contribution in [1.82, 2.24) is 9.62 Å². The van der Waals surface area contributed by atoms with E-state index in [9.17, 15) is 8.42 Å². The standard InChI is InChI=1S/C13H21BrN2O2S2/c1-9-12(8-13(14)19-9)20(17,18)16(3)11-6-4-10(15-2)5-7-11/h8,10-11,15H,4-7H2,1-3H3. The van der Waals surface area contributed by atoms with E-state index in [1.807, 2.05) is 14.0 Å². The molecule has 20 heavy (non-hydrogen) atoms. The summed E-state index contributed by atoms with van der Waals surface area (Å²) in [6.07, 6.45) is 3.91. The summed E-state index contributed by atoms with van der Waals surface area (Å²) in [7, 11) is 0.304. The third-order valence-corrected chi connectivity index (χ3v) is 7.84. The number of rotatable bonds is 4. The summed E-state index contributed by atoms with van der Waals surface area (Å²) in [5, 5.41) is 3.27. The number of nitrogens with one attached hydrogen (secondary N) is 1. The highest BCUT2D eigenvalue weighted by atomic mass is 79.9. The third-order valence-electron chi connectivity index (χ3n) is 4.12. The monoisotopic (exact) mass is 380 g/mol. The lowest BCUT2D eigenvalue weighted by atomic mass is 9.91. The Labute approximate surface area is 133 Å². The van der Waals surface area contributed by atoms with Gasteiger partial charge in [-0.25, -0.2) is 8.42 Å². The van der Waals surface area contributed by atoms with Gasteiger partial charge in [-0.05, 0) is 61.7 Å². The minimum atomic E-state index is -3.38. The van der Waals surface area contributed by atoms with Crippen molar-refractivity contribution in [2.45, 2.75) is 49.6 Å². The van der Waals surface area contributed by atoms with Crippen LogP contribution >= 0.6 is 27.3 Å². The highest BCUT2D eigenvalue weighted by molar-refractivity contribution is 9.11. The normalized spacial score (nSPS) is 24.2. The van der Waals surface area contributed by atoms with Crippen molar-refractivity contribution in [2.75, 3.05) is 14.1 Å². The Morgan fingerprint density at radius 3 is 2.40 bits per heavy atom. The summed E-state index contributed by atoms with van der Waals surface area (Å²) in [6, 6.07) is 2.35. The van der Waals surface area contributed by atoms with Crippen molar-refractivity contribution in [3.05, 3.63) is 14.7 Å². The Kier molecular flexibility index (Phi) is 5.29. The first kappa shape index (κ1) is 16.4. The second-order valence-corrected chi connectivity index (χ2v) is 9.89. The minimum Gasteiger partial charge on any atom is -0.317 e. The van der Waals surface area contributed by atoms with Gasteiger partial charge in [-0.15, -0.1) is 11.3 Å². The molecule has 0 amide bonds. The van der Waals surface area contributed by atoms with Gasteiger partial charge in [0.05, 0.1) is 8.68 Å². The molecule has 0 radical (unpaired) electrons. The Bertz CT molecular complexity index is 563. The number of hydrogen-bond acceptors (Lipinski definition) is 4. The van der Waals surface area contributed by atoms with Gasteiger partial charge in [0.2, 0.25) is 10.0 Å². The van der Waals surface area contributed by atoms with E-state index >= 15 is 0 Å². The van der Waals surface area contributed by atoms with Gasteiger partial charge in [0.15, 0.2) is 0 Å². The molecule has 0 saturated heterocycles. The maximum Gasteiger partial charge on any atom is 0.244 e. The highest BCUT2D eigenvalue weighted by Gasteiger charge is 2.32. The first-order valence-corrected chi connectivity index (χ1v) is 9.82. The molecule has 1 aliphatic carbocycles. The van der Waals surface area contributed by atoms with E-state index in [2.05, 4.69) is 21.2 Å². The van der Waals surface area contributed by atoms with E-state index in [1.54, 1.807) is 17.4 Å². The van der Waals surface area contributed by atoms with Crippen LogP contribution in [0, 0.1) is 6.92 Å². The molecule has 0 unspecified atom stereocenters. The van der Waals surface area contributed by atoms with Crippen LogP contribution in [0.2, 0.25) is 0 Å². The van der Waals surface area contributed by atoms with Crippen LogP contribution in [0.25, 0.3) is 0 Å². The van der Waals surface area contributed by atoms with Crippen LogP contribution < -0.4 is 5.32 Å². The summed E-state index contributed by atoms with van der Waals surface area (Å²) in [5.41, 5.74) is 0. The molecule has 1 saturated carbocycles. The molecule has 7 heteroatoms. The van der Waals surface area contributed by atoms with Gasteiger partial charge < -0.3 is 5.32 Å². The van der Waals surface area contributed by atoms with E-state index in [-0.39, 0.29) is 6.04 Å². The average Bonchev–Trinajstić information content (AvgIpc) is 2.77. The van der Waals surface area contributed by atoms with Gasteiger partial charge in [0.25, 0.3) is 0 Å². The second kappa shape index (κ2) is 6.44. The number of nitrogens with zero attached hydrogens (tertiary/aromatic N) is 1. The van der Waals surface area contributed by atoms with E-state index in [0.29, 0.717) is 10.9 Å². The quantitative estimate of drug-likeness (QED) is 0.873. The largest absolute Gasteiger partial charge is 0.317 e. The van der Waals surface area contributed by atoms with Crippen molar-refractivity contribution < 1.29 is 8.42 Å². The van der Waals surface area contributed by atoms with E-state index in [1.165, 1.54) is 11.3 Å². The maximum atomic E-state index is 12.7. The fraction of sp³-hybridized carbons (Fsp3) is 0.692. The predicted octanol–water partition coefficient (Wildman–Crippen LogP) is 2.97. The van der Waals surface area contributed by atoms with Crippen LogP contribution in [0.1, 0.15) is 30.6 Å². The van der Waals surface area contributed by atoms with Gasteiger partial charge >= 0.3 is 0 Å². The summed E-state index contributed by atoms with van der Waals surface area (Å²) >= 11 is 4.83. The lowest BCUT2D eigenvalue weighted by Crippen LogP contribution is -2.42. The van der Waals surface area contributed by atoms with Gasteiger partial charge in [0.1, 0.15) is 0 Å².